The van der Waals surface area contributed by atoms with Crippen LogP contribution < -0.4 is 0 Å². The van der Waals surface area contributed by atoms with Gasteiger partial charge in [0.1, 0.15) is 0 Å². The van der Waals surface area contributed by atoms with Gasteiger partial charge in [-0.2, -0.15) is 0 Å². The maximum absolute atomic E-state index is 3.98. The maximum Gasteiger partial charge on any atom is 0.0650 e. The molecule has 0 nitrogen and oxygen atoms in total. The lowest BCUT2D eigenvalue weighted by Gasteiger charge is -2.39. The Morgan fingerprint density at radius 3 is 0.762 bits per heavy atom. The molecule has 0 aliphatic heterocycles. The topological polar surface area (TPSA) is 0 Å². The minimum absolute atomic E-state index is 1.09. The van der Waals surface area contributed by atoms with Crippen LogP contribution in [0.3, 0.4) is 0 Å². The first-order chi connectivity index (χ1) is 10.1. The lowest BCUT2D eigenvalue weighted by atomic mass is 10.7. The van der Waals surface area contributed by atoms with Crippen LogP contribution in [0.2, 0.25) is 36.3 Å². The summed E-state index contributed by atoms with van der Waals surface area (Å²) in [5, 5.41) is 0. The fraction of sp³-hybridized carbons (Fsp3) is 0.316. The summed E-state index contributed by atoms with van der Waals surface area (Å²) < 4.78 is 0. The second-order valence-corrected chi connectivity index (χ2v) is 14.9. The monoisotopic (exact) mass is 315 g/mol. The van der Waals surface area contributed by atoms with E-state index < -0.39 is 16.1 Å². The molecule has 115 valence electrons. The molecule has 0 aliphatic carbocycles. The molecule has 0 rings (SSSR count). The van der Waals surface area contributed by atoms with Gasteiger partial charge in [0.15, 0.2) is 0 Å². The quantitative estimate of drug-likeness (QED) is 0.261. The standard InChI is InChI=1S/C19H31Si2/c1-7-13-20(14-8-2,15-9-3)19-21(16-10-4,17-11-5)18-12-6/h7-12,19H,1-6,13-18H2. The van der Waals surface area contributed by atoms with Crippen molar-refractivity contribution in [1.29, 1.82) is 0 Å². The molecular weight excluding hydrogens is 284 g/mol. The van der Waals surface area contributed by atoms with E-state index >= 15 is 0 Å². The summed E-state index contributed by atoms with van der Waals surface area (Å²) in [6.07, 6.45) is 12.4. The van der Waals surface area contributed by atoms with Crippen LogP contribution in [-0.4, -0.2) is 16.1 Å². The van der Waals surface area contributed by atoms with Crippen molar-refractivity contribution in [3.05, 3.63) is 81.6 Å². The molecule has 0 atom stereocenters. The summed E-state index contributed by atoms with van der Waals surface area (Å²) >= 11 is 0. The molecule has 0 aromatic rings. The van der Waals surface area contributed by atoms with Gasteiger partial charge >= 0.3 is 0 Å². The summed E-state index contributed by atoms with van der Waals surface area (Å²) in [4.78, 5) is 0. The van der Waals surface area contributed by atoms with Gasteiger partial charge in [0.05, 0.1) is 16.1 Å². The van der Waals surface area contributed by atoms with Crippen molar-refractivity contribution < 1.29 is 0 Å². The molecule has 21 heavy (non-hydrogen) atoms. The van der Waals surface area contributed by atoms with Gasteiger partial charge in [0, 0.05) is 0 Å². The van der Waals surface area contributed by atoms with Gasteiger partial charge in [-0.1, -0.05) is 36.5 Å². The second-order valence-electron chi connectivity index (χ2n) is 5.83. The lowest BCUT2D eigenvalue weighted by molar-refractivity contribution is 1.31. The molecule has 1 radical (unpaired) electrons. The molecule has 0 spiro atoms. The fourth-order valence-electron chi connectivity index (χ4n) is 3.23. The Kier molecular flexibility index (Phi) is 10.0. The normalized spacial score (nSPS) is 11.4. The summed E-state index contributed by atoms with van der Waals surface area (Å²) in [6.45, 7) is 23.9. The molecule has 0 fully saturated rings. The summed E-state index contributed by atoms with van der Waals surface area (Å²) in [5.74, 6) is 0. The van der Waals surface area contributed by atoms with Gasteiger partial charge in [-0.25, -0.2) is 0 Å². The minimum Gasteiger partial charge on any atom is -0.103 e. The summed E-state index contributed by atoms with van der Waals surface area (Å²) in [6, 6.07) is 6.53. The molecule has 0 saturated heterocycles. The van der Waals surface area contributed by atoms with E-state index in [0.29, 0.717) is 0 Å². The Hall–Kier alpha value is -1.13. The van der Waals surface area contributed by atoms with Crippen molar-refractivity contribution in [1.82, 2.24) is 0 Å². The van der Waals surface area contributed by atoms with E-state index in [1.165, 1.54) is 0 Å². The van der Waals surface area contributed by atoms with Crippen LogP contribution in [-0.2, 0) is 0 Å². The first-order valence-electron chi connectivity index (χ1n) is 7.60. The molecule has 0 N–H and O–H groups in total. The largest absolute Gasteiger partial charge is 0.103 e. The number of rotatable bonds is 14. The molecule has 0 heterocycles. The van der Waals surface area contributed by atoms with E-state index in [4.69, 9.17) is 0 Å². The Morgan fingerprint density at radius 2 is 0.619 bits per heavy atom. The predicted molar refractivity (Wildman–Crippen MR) is 106 cm³/mol. The first kappa shape index (κ1) is 19.9. The summed E-state index contributed by atoms with van der Waals surface area (Å²) in [7, 11) is -3.21. The van der Waals surface area contributed by atoms with Crippen molar-refractivity contribution in [2.45, 2.75) is 36.3 Å². The third-order valence-corrected chi connectivity index (χ3v) is 15.4. The number of hydrogen-bond acceptors (Lipinski definition) is 0. The summed E-state index contributed by atoms with van der Waals surface area (Å²) in [5.41, 5.74) is 2.75. The highest BCUT2D eigenvalue weighted by Crippen LogP contribution is 2.36. The van der Waals surface area contributed by atoms with Gasteiger partial charge in [0.25, 0.3) is 0 Å². The molecule has 0 aromatic heterocycles. The SMILES string of the molecule is C=CC[Si]([CH][Si](CC=C)(CC=C)CC=C)(CC=C)CC=C. The lowest BCUT2D eigenvalue weighted by Crippen LogP contribution is -2.48. The van der Waals surface area contributed by atoms with Crippen molar-refractivity contribution in [2.75, 3.05) is 0 Å². The molecule has 0 aliphatic rings. The van der Waals surface area contributed by atoms with Crippen LogP contribution >= 0.6 is 0 Å². The molecule has 0 saturated carbocycles. The Balaban J connectivity index is 5.60. The third kappa shape index (κ3) is 6.45. The second kappa shape index (κ2) is 10.6. The highest BCUT2D eigenvalue weighted by Gasteiger charge is 2.40. The highest BCUT2D eigenvalue weighted by atomic mass is 28.4. The molecule has 0 aromatic carbocycles. The molecule has 2 heteroatoms. The molecule has 0 bridgehead atoms. The Morgan fingerprint density at radius 1 is 0.429 bits per heavy atom. The zero-order chi connectivity index (χ0) is 16.2. The van der Waals surface area contributed by atoms with Gasteiger partial charge in [0.2, 0.25) is 0 Å². The highest BCUT2D eigenvalue weighted by molar-refractivity contribution is 7.03. The minimum atomic E-state index is -1.60. The van der Waals surface area contributed by atoms with Crippen LogP contribution in [0.4, 0.5) is 0 Å². The van der Waals surface area contributed by atoms with Gasteiger partial charge in [-0.05, 0) is 41.9 Å². The van der Waals surface area contributed by atoms with Gasteiger partial charge in [-0.15, -0.1) is 39.5 Å². The molecular formula is C19H31Si2. The van der Waals surface area contributed by atoms with Crippen LogP contribution in [0.1, 0.15) is 0 Å². The van der Waals surface area contributed by atoms with Crippen LogP contribution in [0.25, 0.3) is 0 Å². The van der Waals surface area contributed by atoms with Crippen LogP contribution in [0.15, 0.2) is 75.9 Å². The first-order valence-corrected chi connectivity index (χ1v) is 13.0. The average Bonchev–Trinajstić information content (AvgIpc) is 2.40. The zero-order valence-electron chi connectivity index (χ0n) is 13.5. The van der Waals surface area contributed by atoms with Crippen molar-refractivity contribution >= 4 is 16.1 Å². The number of hydrogen-bond donors (Lipinski definition) is 0. The Labute approximate surface area is 134 Å². The van der Waals surface area contributed by atoms with E-state index in [1.807, 2.05) is 0 Å². The molecule has 0 amide bonds. The zero-order valence-corrected chi connectivity index (χ0v) is 15.5. The fourth-order valence-corrected chi connectivity index (χ4v) is 15.7. The predicted octanol–water partition coefficient (Wildman–Crippen LogP) is 6.28. The van der Waals surface area contributed by atoms with Crippen LogP contribution in [0, 0.1) is 5.67 Å². The van der Waals surface area contributed by atoms with Gasteiger partial charge in [-0.3, -0.25) is 0 Å². The van der Waals surface area contributed by atoms with Crippen molar-refractivity contribution in [2.24, 2.45) is 0 Å². The Bertz CT molecular complexity index is 290. The van der Waals surface area contributed by atoms with E-state index in [-0.39, 0.29) is 0 Å². The maximum atomic E-state index is 3.98. The van der Waals surface area contributed by atoms with E-state index in [0.717, 1.165) is 36.3 Å². The van der Waals surface area contributed by atoms with Crippen LogP contribution in [0.5, 0.6) is 0 Å². The van der Waals surface area contributed by atoms with Crippen molar-refractivity contribution in [3.63, 3.8) is 0 Å². The van der Waals surface area contributed by atoms with Gasteiger partial charge < -0.3 is 0 Å². The van der Waals surface area contributed by atoms with E-state index in [9.17, 15) is 0 Å². The molecule has 0 unspecified atom stereocenters. The van der Waals surface area contributed by atoms with E-state index in [2.05, 4.69) is 81.6 Å². The smallest absolute Gasteiger partial charge is 0.0650 e. The number of allylic oxidation sites excluding steroid dienone is 6. The third-order valence-electron chi connectivity index (χ3n) is 3.92. The van der Waals surface area contributed by atoms with Crippen molar-refractivity contribution in [3.8, 4) is 0 Å². The average molecular weight is 316 g/mol. The van der Waals surface area contributed by atoms with E-state index in [1.54, 1.807) is 0 Å².